The van der Waals surface area contributed by atoms with Gasteiger partial charge in [-0.05, 0) is 29.8 Å². The van der Waals surface area contributed by atoms with E-state index in [0.29, 0.717) is 6.54 Å². The van der Waals surface area contributed by atoms with E-state index in [1.165, 1.54) is 12.1 Å². The zero-order chi connectivity index (χ0) is 15.2. The van der Waals surface area contributed by atoms with E-state index in [9.17, 15) is 9.18 Å². The van der Waals surface area contributed by atoms with Gasteiger partial charge >= 0.3 is 0 Å². The van der Waals surface area contributed by atoms with Gasteiger partial charge in [-0.3, -0.25) is 4.79 Å². The average molecular weight is 288 g/mol. The minimum Gasteiger partial charge on any atom is -0.497 e. The van der Waals surface area contributed by atoms with Crippen molar-refractivity contribution in [1.29, 1.82) is 0 Å². The number of benzene rings is 2. The standard InChI is InChI=1S/C16H17FN2O2/c1-18-15-13(7-4-8-14(15)17)16(20)19-10-11-5-3-6-12(9-11)21-2/h3-9,18H,10H2,1-2H3,(H,19,20). The molecule has 0 radical (unpaired) electrons. The summed E-state index contributed by atoms with van der Waals surface area (Å²) in [7, 11) is 3.17. The number of amides is 1. The van der Waals surface area contributed by atoms with E-state index in [2.05, 4.69) is 10.6 Å². The maximum atomic E-state index is 13.6. The lowest BCUT2D eigenvalue weighted by Gasteiger charge is -2.11. The van der Waals surface area contributed by atoms with Crippen molar-refractivity contribution in [1.82, 2.24) is 5.32 Å². The molecule has 0 saturated carbocycles. The first-order chi connectivity index (χ1) is 10.2. The first-order valence-corrected chi connectivity index (χ1v) is 6.53. The first-order valence-electron chi connectivity index (χ1n) is 6.53. The van der Waals surface area contributed by atoms with Crippen LogP contribution in [0.15, 0.2) is 42.5 Å². The molecule has 0 heterocycles. The summed E-state index contributed by atoms with van der Waals surface area (Å²) >= 11 is 0. The molecule has 0 bridgehead atoms. The minimum absolute atomic E-state index is 0.195. The van der Waals surface area contributed by atoms with Crippen LogP contribution in [-0.2, 0) is 6.54 Å². The van der Waals surface area contributed by atoms with E-state index in [4.69, 9.17) is 4.74 Å². The van der Waals surface area contributed by atoms with Gasteiger partial charge in [0.2, 0.25) is 0 Å². The Labute approximate surface area is 122 Å². The Morgan fingerprint density at radius 3 is 2.71 bits per heavy atom. The number of carbonyl (C=O) groups is 1. The van der Waals surface area contributed by atoms with E-state index >= 15 is 0 Å². The van der Waals surface area contributed by atoms with Crippen molar-refractivity contribution in [2.24, 2.45) is 0 Å². The third-order valence-corrected chi connectivity index (χ3v) is 3.10. The molecule has 5 heteroatoms. The first kappa shape index (κ1) is 14.8. The molecular formula is C16H17FN2O2. The van der Waals surface area contributed by atoms with Crippen LogP contribution in [0.5, 0.6) is 5.75 Å². The van der Waals surface area contributed by atoms with Crippen molar-refractivity contribution in [2.45, 2.75) is 6.54 Å². The van der Waals surface area contributed by atoms with E-state index in [0.717, 1.165) is 11.3 Å². The molecule has 0 fully saturated rings. The lowest BCUT2D eigenvalue weighted by atomic mass is 10.1. The Morgan fingerprint density at radius 2 is 2.00 bits per heavy atom. The third-order valence-electron chi connectivity index (χ3n) is 3.10. The van der Waals surface area contributed by atoms with Crippen LogP contribution in [0.25, 0.3) is 0 Å². The SMILES string of the molecule is CNc1c(F)cccc1C(=O)NCc1cccc(OC)c1. The third kappa shape index (κ3) is 3.51. The predicted molar refractivity (Wildman–Crippen MR) is 80.1 cm³/mol. The Bertz CT molecular complexity index is 644. The average Bonchev–Trinajstić information content (AvgIpc) is 2.52. The van der Waals surface area contributed by atoms with Gasteiger partial charge in [0, 0.05) is 13.6 Å². The lowest BCUT2D eigenvalue weighted by molar-refractivity contribution is 0.0951. The summed E-state index contributed by atoms with van der Waals surface area (Å²) in [6.45, 7) is 0.343. The molecule has 0 saturated heterocycles. The monoisotopic (exact) mass is 288 g/mol. The number of anilines is 1. The molecule has 2 N–H and O–H groups in total. The number of hydrogen-bond donors (Lipinski definition) is 2. The molecule has 110 valence electrons. The number of methoxy groups -OCH3 is 1. The summed E-state index contributed by atoms with van der Waals surface area (Å²) in [6, 6.07) is 11.8. The van der Waals surface area contributed by atoms with Crippen molar-refractivity contribution in [2.75, 3.05) is 19.5 Å². The van der Waals surface area contributed by atoms with E-state index in [1.54, 1.807) is 20.2 Å². The highest BCUT2D eigenvalue weighted by Gasteiger charge is 2.13. The molecule has 2 rings (SSSR count). The fourth-order valence-corrected chi connectivity index (χ4v) is 2.03. The molecule has 0 unspecified atom stereocenters. The summed E-state index contributed by atoms with van der Waals surface area (Å²) < 4.78 is 18.7. The number of ether oxygens (including phenoxy) is 1. The van der Waals surface area contributed by atoms with Gasteiger partial charge in [0.15, 0.2) is 0 Å². The van der Waals surface area contributed by atoms with Crippen LogP contribution in [0.4, 0.5) is 10.1 Å². The highest BCUT2D eigenvalue weighted by Crippen LogP contribution is 2.19. The summed E-state index contributed by atoms with van der Waals surface area (Å²) in [4.78, 5) is 12.2. The zero-order valence-electron chi connectivity index (χ0n) is 11.9. The van der Waals surface area contributed by atoms with Crippen LogP contribution < -0.4 is 15.4 Å². The van der Waals surface area contributed by atoms with E-state index < -0.39 is 5.82 Å². The minimum atomic E-state index is -0.452. The van der Waals surface area contributed by atoms with Gasteiger partial charge in [0.25, 0.3) is 5.91 Å². The molecule has 0 aromatic heterocycles. The van der Waals surface area contributed by atoms with Crippen molar-refractivity contribution in [3.05, 3.63) is 59.4 Å². The number of carbonyl (C=O) groups excluding carboxylic acids is 1. The lowest BCUT2D eigenvalue weighted by Crippen LogP contribution is -2.24. The molecular weight excluding hydrogens is 271 g/mol. The fourth-order valence-electron chi connectivity index (χ4n) is 2.03. The fraction of sp³-hybridized carbons (Fsp3) is 0.188. The van der Waals surface area contributed by atoms with Gasteiger partial charge < -0.3 is 15.4 Å². The van der Waals surface area contributed by atoms with Crippen LogP contribution in [0.3, 0.4) is 0 Å². The number of halogens is 1. The molecule has 2 aromatic carbocycles. The number of nitrogens with one attached hydrogen (secondary N) is 2. The van der Waals surface area contributed by atoms with Crippen LogP contribution in [0.1, 0.15) is 15.9 Å². The highest BCUT2D eigenvalue weighted by atomic mass is 19.1. The number of rotatable bonds is 5. The maximum Gasteiger partial charge on any atom is 0.253 e. The summed E-state index contributed by atoms with van der Waals surface area (Å²) in [5.41, 5.74) is 1.38. The Kier molecular flexibility index (Phi) is 4.77. The van der Waals surface area contributed by atoms with Crippen LogP contribution >= 0.6 is 0 Å². The van der Waals surface area contributed by atoms with Gasteiger partial charge in [-0.2, -0.15) is 0 Å². The number of para-hydroxylation sites is 1. The molecule has 0 aliphatic heterocycles. The maximum absolute atomic E-state index is 13.6. The van der Waals surface area contributed by atoms with Gasteiger partial charge in [0.1, 0.15) is 11.6 Å². The molecule has 2 aromatic rings. The van der Waals surface area contributed by atoms with Crippen molar-refractivity contribution < 1.29 is 13.9 Å². The zero-order valence-corrected chi connectivity index (χ0v) is 11.9. The summed E-state index contributed by atoms with van der Waals surface area (Å²) in [6.07, 6.45) is 0. The van der Waals surface area contributed by atoms with Crippen molar-refractivity contribution in [3.8, 4) is 5.75 Å². The van der Waals surface area contributed by atoms with E-state index in [1.807, 2.05) is 24.3 Å². The number of hydrogen-bond acceptors (Lipinski definition) is 3. The summed E-state index contributed by atoms with van der Waals surface area (Å²) in [5, 5.41) is 5.47. The summed E-state index contributed by atoms with van der Waals surface area (Å²) in [5.74, 6) is -0.0587. The van der Waals surface area contributed by atoms with Gasteiger partial charge in [-0.15, -0.1) is 0 Å². The topological polar surface area (TPSA) is 50.4 Å². The smallest absolute Gasteiger partial charge is 0.253 e. The quantitative estimate of drug-likeness (QED) is 0.889. The van der Waals surface area contributed by atoms with Crippen molar-refractivity contribution in [3.63, 3.8) is 0 Å². The second kappa shape index (κ2) is 6.74. The van der Waals surface area contributed by atoms with Crippen LogP contribution in [-0.4, -0.2) is 20.1 Å². The Morgan fingerprint density at radius 1 is 1.24 bits per heavy atom. The molecule has 21 heavy (non-hydrogen) atoms. The molecule has 0 atom stereocenters. The largest absolute Gasteiger partial charge is 0.497 e. The van der Waals surface area contributed by atoms with Gasteiger partial charge in [0.05, 0.1) is 18.4 Å². The second-order valence-corrected chi connectivity index (χ2v) is 4.45. The molecule has 1 amide bonds. The normalized spacial score (nSPS) is 10.0. The molecule has 0 spiro atoms. The molecule has 0 aliphatic rings. The highest BCUT2D eigenvalue weighted by molar-refractivity contribution is 5.99. The molecule has 4 nitrogen and oxygen atoms in total. The van der Waals surface area contributed by atoms with E-state index in [-0.39, 0.29) is 17.2 Å². The van der Waals surface area contributed by atoms with Gasteiger partial charge in [-0.1, -0.05) is 18.2 Å². The van der Waals surface area contributed by atoms with Crippen molar-refractivity contribution >= 4 is 11.6 Å². The van der Waals surface area contributed by atoms with Crippen LogP contribution in [0, 0.1) is 5.82 Å². The van der Waals surface area contributed by atoms with Crippen LogP contribution in [0.2, 0.25) is 0 Å². The Balaban J connectivity index is 2.10. The second-order valence-electron chi connectivity index (χ2n) is 4.45. The molecule has 0 aliphatic carbocycles. The Hall–Kier alpha value is -2.56. The van der Waals surface area contributed by atoms with Gasteiger partial charge in [-0.25, -0.2) is 4.39 Å². The predicted octanol–water partition coefficient (Wildman–Crippen LogP) is 2.81.